The quantitative estimate of drug-likeness (QED) is 0.137. The Kier molecular flexibility index (Phi) is 11.6. The first-order valence-electron chi connectivity index (χ1n) is 18.8. The van der Waals surface area contributed by atoms with Crippen molar-refractivity contribution < 1.29 is 69.7 Å². The van der Waals surface area contributed by atoms with Gasteiger partial charge in [-0.15, -0.1) is 0 Å². The van der Waals surface area contributed by atoms with Gasteiger partial charge in [0.05, 0.1) is 25.4 Å². The Morgan fingerprint density at radius 2 is 1.38 bits per heavy atom. The Balaban J connectivity index is 1.38. The van der Waals surface area contributed by atoms with Crippen molar-refractivity contribution in [3.8, 4) is 0 Å². The SMILES string of the molecule is C[C@H](CCC(=O)O)[C@H]1CC[C@H]2[C@@H]3[C@H](O[C@H]4O[C@H](CO)[C@@H](O)[C@H](O)[C@H]4O)C[C@@H]4CCCC[C@]4(C)[C@H]3C[C@H](O[C@H]3O[C@H](CO)[C@@H](O)[C@H](O)[C@H]3O)[C@]12C. The van der Waals surface area contributed by atoms with Gasteiger partial charge in [0.15, 0.2) is 12.6 Å². The lowest BCUT2D eigenvalue weighted by Crippen LogP contribution is -2.66. The molecular formula is C36H60O14. The Bertz CT molecular complexity index is 1170. The van der Waals surface area contributed by atoms with E-state index < -0.39 is 98.2 Å². The van der Waals surface area contributed by atoms with Crippen molar-refractivity contribution in [1.29, 1.82) is 0 Å². The molecule has 6 aliphatic rings. The van der Waals surface area contributed by atoms with Crippen molar-refractivity contribution in [1.82, 2.24) is 0 Å². The summed E-state index contributed by atoms with van der Waals surface area (Å²) in [7, 11) is 0. The van der Waals surface area contributed by atoms with Crippen molar-refractivity contribution in [2.45, 2.75) is 159 Å². The molecule has 0 bridgehead atoms. The van der Waals surface area contributed by atoms with Crippen LogP contribution in [-0.4, -0.2) is 139 Å². The summed E-state index contributed by atoms with van der Waals surface area (Å²) in [6, 6.07) is 0. The lowest BCUT2D eigenvalue weighted by atomic mass is 9.43. The van der Waals surface area contributed by atoms with Gasteiger partial charge in [0, 0.05) is 11.8 Å². The van der Waals surface area contributed by atoms with Gasteiger partial charge in [0.1, 0.15) is 48.8 Å². The normalized spacial score (nSPS) is 52.8. The molecule has 288 valence electrons. The maximum atomic E-state index is 11.6. The van der Waals surface area contributed by atoms with E-state index in [-0.39, 0.29) is 47.3 Å². The van der Waals surface area contributed by atoms with Crippen LogP contribution in [0.15, 0.2) is 0 Å². The molecular weight excluding hydrogens is 656 g/mol. The first kappa shape index (κ1) is 38.7. The van der Waals surface area contributed by atoms with Crippen LogP contribution in [0.25, 0.3) is 0 Å². The predicted octanol–water partition coefficient (Wildman–Crippen LogP) is 0.126. The molecule has 4 saturated carbocycles. The zero-order chi connectivity index (χ0) is 36.3. The summed E-state index contributed by atoms with van der Waals surface area (Å²) in [5.41, 5.74) is -0.670. The Morgan fingerprint density at radius 1 is 0.780 bits per heavy atom. The number of aliphatic hydroxyl groups is 8. The fourth-order valence-corrected chi connectivity index (χ4v) is 11.7. The molecule has 2 saturated heterocycles. The van der Waals surface area contributed by atoms with Crippen LogP contribution >= 0.6 is 0 Å². The lowest BCUT2D eigenvalue weighted by molar-refractivity contribution is -0.345. The summed E-state index contributed by atoms with van der Waals surface area (Å²) in [4.78, 5) is 11.6. The van der Waals surface area contributed by atoms with E-state index in [1.54, 1.807) is 0 Å². The van der Waals surface area contributed by atoms with E-state index in [1.165, 1.54) is 0 Å². The maximum absolute atomic E-state index is 11.6. The highest BCUT2D eigenvalue weighted by Crippen LogP contribution is 2.69. The minimum Gasteiger partial charge on any atom is -0.481 e. The summed E-state index contributed by atoms with van der Waals surface area (Å²) >= 11 is 0. The van der Waals surface area contributed by atoms with Crippen molar-refractivity contribution in [2.75, 3.05) is 13.2 Å². The van der Waals surface area contributed by atoms with E-state index in [2.05, 4.69) is 20.8 Å². The van der Waals surface area contributed by atoms with Crippen molar-refractivity contribution in [3.63, 3.8) is 0 Å². The molecule has 0 unspecified atom stereocenters. The minimum absolute atomic E-state index is 0.00460. The van der Waals surface area contributed by atoms with Crippen molar-refractivity contribution >= 4 is 5.97 Å². The number of carboxylic acids is 1. The van der Waals surface area contributed by atoms with E-state index in [0.717, 1.165) is 38.5 Å². The van der Waals surface area contributed by atoms with Gasteiger partial charge in [0.2, 0.25) is 0 Å². The van der Waals surface area contributed by atoms with E-state index in [4.69, 9.17) is 18.9 Å². The Labute approximate surface area is 293 Å². The van der Waals surface area contributed by atoms with Gasteiger partial charge in [-0.2, -0.15) is 0 Å². The standard InChI is InChI=1S/C36H60O14/c1-16(7-10-25(39)40)18-8-9-19-26-20(13-24(36(18,19)3)50-34-32(46)30(44)28(42)23(15-38)49-34)35(2)11-5-4-6-17(35)12-21(26)47-33-31(45)29(43)27(41)22(14-37)48-33/h16-24,26-34,37-38,41-46H,4-15H2,1-3H3,(H,39,40)/t16-,17+,18-,19+,20+,21-,22-,23-,24+,26+,27-,28-,29+,30+,31-,32-,33+,34-,35+,36-/m1/s1. The maximum Gasteiger partial charge on any atom is 0.303 e. The largest absolute Gasteiger partial charge is 0.481 e. The van der Waals surface area contributed by atoms with Crippen LogP contribution in [0.1, 0.15) is 85.0 Å². The monoisotopic (exact) mass is 716 g/mol. The molecule has 4 aliphatic carbocycles. The topological polar surface area (TPSA) is 236 Å². The van der Waals surface area contributed by atoms with E-state index >= 15 is 0 Å². The Hall–Kier alpha value is -1.01. The minimum atomic E-state index is -1.59. The van der Waals surface area contributed by atoms with Gasteiger partial charge in [-0.25, -0.2) is 0 Å². The number of hydrogen-bond acceptors (Lipinski definition) is 13. The third-order valence-corrected chi connectivity index (χ3v) is 14.5. The number of carboxylic acid groups (broad SMARTS) is 1. The summed E-state index contributed by atoms with van der Waals surface area (Å²) < 4.78 is 25.3. The van der Waals surface area contributed by atoms with Crippen LogP contribution in [0.3, 0.4) is 0 Å². The smallest absolute Gasteiger partial charge is 0.303 e. The van der Waals surface area contributed by atoms with E-state index in [0.29, 0.717) is 19.3 Å². The van der Waals surface area contributed by atoms with Gasteiger partial charge >= 0.3 is 5.97 Å². The fraction of sp³-hybridized carbons (Fsp3) is 0.972. The fourth-order valence-electron chi connectivity index (χ4n) is 11.7. The number of aliphatic carboxylic acids is 1. The van der Waals surface area contributed by atoms with Crippen molar-refractivity contribution in [3.05, 3.63) is 0 Å². The molecule has 0 aromatic carbocycles. The summed E-state index contributed by atoms with van der Waals surface area (Å²) in [6.07, 6.45) is -7.53. The lowest BCUT2D eigenvalue weighted by Gasteiger charge is -2.65. The van der Waals surface area contributed by atoms with Crippen LogP contribution in [-0.2, 0) is 23.7 Å². The zero-order valence-corrected chi connectivity index (χ0v) is 29.4. The highest BCUT2D eigenvalue weighted by atomic mass is 16.7. The van der Waals surface area contributed by atoms with Gasteiger partial charge in [-0.3, -0.25) is 4.79 Å². The van der Waals surface area contributed by atoms with Crippen LogP contribution in [0.2, 0.25) is 0 Å². The molecule has 0 radical (unpaired) electrons. The molecule has 20 atom stereocenters. The molecule has 0 aromatic rings. The second kappa shape index (κ2) is 15.0. The average Bonchev–Trinajstić information content (AvgIpc) is 3.45. The van der Waals surface area contributed by atoms with E-state index in [1.807, 2.05) is 0 Å². The highest BCUT2D eigenvalue weighted by molar-refractivity contribution is 5.66. The number of ether oxygens (including phenoxy) is 4. The number of fused-ring (bicyclic) bond motifs is 5. The van der Waals surface area contributed by atoms with Crippen LogP contribution < -0.4 is 0 Å². The van der Waals surface area contributed by atoms with Crippen LogP contribution in [0.4, 0.5) is 0 Å². The third-order valence-electron chi connectivity index (χ3n) is 14.5. The van der Waals surface area contributed by atoms with Gasteiger partial charge in [-0.1, -0.05) is 33.6 Å². The van der Waals surface area contributed by atoms with Gasteiger partial charge < -0.3 is 64.9 Å². The molecule has 14 nitrogen and oxygen atoms in total. The second-order valence-electron chi connectivity index (χ2n) is 16.9. The number of hydrogen-bond donors (Lipinski definition) is 9. The average molecular weight is 717 g/mol. The molecule has 14 heteroatoms. The highest BCUT2D eigenvalue weighted by Gasteiger charge is 2.67. The molecule has 6 fully saturated rings. The molecule has 9 N–H and O–H groups in total. The van der Waals surface area contributed by atoms with Crippen molar-refractivity contribution in [2.24, 2.45) is 46.3 Å². The molecule has 0 spiro atoms. The first-order chi connectivity index (χ1) is 23.7. The molecule has 2 aliphatic heterocycles. The number of aliphatic hydroxyl groups excluding tert-OH is 8. The molecule has 0 aromatic heterocycles. The molecule has 2 heterocycles. The number of rotatable bonds is 10. The summed E-state index contributed by atoms with van der Waals surface area (Å²) in [6.45, 7) is 5.44. The molecule has 50 heavy (non-hydrogen) atoms. The second-order valence-corrected chi connectivity index (χ2v) is 16.9. The zero-order valence-electron chi connectivity index (χ0n) is 29.4. The molecule has 6 rings (SSSR count). The van der Waals surface area contributed by atoms with E-state index in [9.17, 15) is 50.8 Å². The van der Waals surface area contributed by atoms with Gasteiger partial charge in [-0.05, 0) is 85.9 Å². The molecule has 0 amide bonds. The predicted molar refractivity (Wildman–Crippen MR) is 174 cm³/mol. The third kappa shape index (κ3) is 6.57. The Morgan fingerprint density at radius 3 is 1.96 bits per heavy atom. The summed E-state index contributed by atoms with van der Waals surface area (Å²) in [5.74, 6) is -0.571. The van der Waals surface area contributed by atoms with Gasteiger partial charge in [0.25, 0.3) is 0 Å². The first-order valence-corrected chi connectivity index (χ1v) is 18.8. The van der Waals surface area contributed by atoms with Crippen LogP contribution in [0, 0.1) is 46.3 Å². The van der Waals surface area contributed by atoms with Crippen LogP contribution in [0.5, 0.6) is 0 Å². The number of carbonyl (C=O) groups is 1. The summed E-state index contributed by atoms with van der Waals surface area (Å²) in [5, 5.41) is 93.6.